The van der Waals surface area contributed by atoms with Crippen molar-refractivity contribution in [3.8, 4) is 5.75 Å². The molecule has 190 valence electrons. The molecule has 0 saturated carbocycles. The van der Waals surface area contributed by atoms with Crippen LogP contribution in [0, 0.1) is 0 Å². The SMILES string of the molecule is CCOCCOC(=O)C1=C(C)NC2=C(C(=O)C[C@@H](c3ccc(Cl)cc3)C2)[C@@H]1c1ccc(OCC)cc1. The zero-order chi connectivity index (χ0) is 25.7. The van der Waals surface area contributed by atoms with Gasteiger partial charge in [0.25, 0.3) is 0 Å². The standard InChI is InChI=1S/C29H32ClNO5/c1-4-34-14-15-36-29(33)26-18(3)31-24-16-21(19-6-10-22(30)11-7-19)17-25(32)28(24)27(26)20-8-12-23(13-9-20)35-5-2/h6-13,21,27,31H,4-5,14-17H2,1-3H3/t21-,27+/m0/s1. The first-order chi connectivity index (χ1) is 17.4. The number of nitrogens with one attached hydrogen (secondary N) is 1. The van der Waals surface area contributed by atoms with Gasteiger partial charge in [0.15, 0.2) is 5.78 Å². The summed E-state index contributed by atoms with van der Waals surface area (Å²) in [6.45, 7) is 7.27. The lowest BCUT2D eigenvalue weighted by atomic mass is 9.72. The number of hydrogen-bond donors (Lipinski definition) is 1. The van der Waals surface area contributed by atoms with Crippen molar-refractivity contribution in [3.63, 3.8) is 0 Å². The van der Waals surface area contributed by atoms with Crippen LogP contribution in [0.15, 0.2) is 71.1 Å². The van der Waals surface area contributed by atoms with E-state index in [2.05, 4.69) is 5.32 Å². The maximum absolute atomic E-state index is 13.7. The monoisotopic (exact) mass is 509 g/mol. The third kappa shape index (κ3) is 5.66. The summed E-state index contributed by atoms with van der Waals surface area (Å²) in [5, 5.41) is 4.04. The molecule has 2 aliphatic rings. The molecule has 2 atom stereocenters. The molecule has 0 amide bonds. The van der Waals surface area contributed by atoms with Gasteiger partial charge in [0.1, 0.15) is 12.4 Å². The molecule has 2 aromatic rings. The first kappa shape index (κ1) is 26.0. The summed E-state index contributed by atoms with van der Waals surface area (Å²) < 4.78 is 16.5. The molecule has 0 spiro atoms. The van der Waals surface area contributed by atoms with Crippen LogP contribution in [0.25, 0.3) is 0 Å². The van der Waals surface area contributed by atoms with E-state index in [0.29, 0.717) is 54.5 Å². The van der Waals surface area contributed by atoms with Crippen molar-refractivity contribution in [1.82, 2.24) is 5.32 Å². The molecule has 0 unspecified atom stereocenters. The fourth-order valence-electron chi connectivity index (χ4n) is 4.95. The minimum atomic E-state index is -0.518. The second-order valence-electron chi connectivity index (χ2n) is 8.90. The van der Waals surface area contributed by atoms with Crippen LogP contribution in [0.4, 0.5) is 0 Å². The number of dihydropyridines is 1. The third-order valence-electron chi connectivity index (χ3n) is 6.58. The van der Waals surface area contributed by atoms with Gasteiger partial charge in [-0.25, -0.2) is 4.79 Å². The Bertz CT molecular complexity index is 1170. The van der Waals surface area contributed by atoms with Crippen LogP contribution in [0.3, 0.4) is 0 Å². The van der Waals surface area contributed by atoms with Crippen LogP contribution in [0.2, 0.25) is 5.02 Å². The highest BCUT2D eigenvalue weighted by Gasteiger charge is 2.41. The number of benzene rings is 2. The van der Waals surface area contributed by atoms with Gasteiger partial charge >= 0.3 is 5.97 Å². The number of ether oxygens (including phenoxy) is 3. The van der Waals surface area contributed by atoms with Crippen molar-refractivity contribution in [1.29, 1.82) is 0 Å². The Labute approximate surface area is 217 Å². The molecular weight excluding hydrogens is 478 g/mol. The average molecular weight is 510 g/mol. The molecule has 4 rings (SSSR count). The largest absolute Gasteiger partial charge is 0.494 e. The first-order valence-electron chi connectivity index (χ1n) is 12.4. The lowest BCUT2D eigenvalue weighted by molar-refractivity contribution is -0.140. The lowest BCUT2D eigenvalue weighted by Crippen LogP contribution is -2.36. The minimum Gasteiger partial charge on any atom is -0.494 e. The van der Waals surface area contributed by atoms with Crippen LogP contribution in [0.5, 0.6) is 5.75 Å². The highest BCUT2D eigenvalue weighted by molar-refractivity contribution is 6.30. The highest BCUT2D eigenvalue weighted by atomic mass is 35.5. The summed E-state index contributed by atoms with van der Waals surface area (Å²) in [6, 6.07) is 15.2. The summed E-state index contributed by atoms with van der Waals surface area (Å²) in [5.74, 6) is -0.166. The first-order valence-corrected chi connectivity index (χ1v) is 12.8. The van der Waals surface area contributed by atoms with Gasteiger partial charge in [0.2, 0.25) is 0 Å². The summed E-state index contributed by atoms with van der Waals surface area (Å²) in [6.07, 6.45) is 1.03. The number of halogens is 1. The Hall–Kier alpha value is -3.09. The van der Waals surface area contributed by atoms with Gasteiger partial charge in [-0.3, -0.25) is 4.79 Å². The molecule has 0 saturated heterocycles. The van der Waals surface area contributed by atoms with E-state index >= 15 is 0 Å². The second kappa shape index (κ2) is 11.8. The van der Waals surface area contributed by atoms with Crippen molar-refractivity contribution in [2.75, 3.05) is 26.4 Å². The maximum Gasteiger partial charge on any atom is 0.336 e. The molecule has 6 nitrogen and oxygen atoms in total. The van der Waals surface area contributed by atoms with E-state index in [1.165, 1.54) is 0 Å². The molecule has 36 heavy (non-hydrogen) atoms. The molecule has 2 aromatic carbocycles. The molecule has 1 aliphatic carbocycles. The molecule has 1 aliphatic heterocycles. The number of carbonyl (C=O) groups excluding carboxylic acids is 2. The predicted molar refractivity (Wildman–Crippen MR) is 139 cm³/mol. The predicted octanol–water partition coefficient (Wildman–Crippen LogP) is 5.68. The maximum atomic E-state index is 13.7. The average Bonchev–Trinajstić information content (AvgIpc) is 2.86. The number of Topliss-reactive ketones (excluding diaryl/α,β-unsaturated/α-hetero) is 1. The summed E-state index contributed by atoms with van der Waals surface area (Å²) in [4.78, 5) is 26.9. The van der Waals surface area contributed by atoms with Gasteiger partial charge in [0.05, 0.1) is 18.8 Å². The summed E-state index contributed by atoms with van der Waals surface area (Å²) >= 11 is 6.07. The van der Waals surface area contributed by atoms with E-state index in [-0.39, 0.29) is 18.3 Å². The van der Waals surface area contributed by atoms with E-state index < -0.39 is 11.9 Å². The second-order valence-corrected chi connectivity index (χ2v) is 9.34. The molecule has 0 radical (unpaired) electrons. The van der Waals surface area contributed by atoms with E-state index in [1.807, 2.05) is 69.3 Å². The van der Waals surface area contributed by atoms with Crippen LogP contribution < -0.4 is 10.1 Å². The van der Waals surface area contributed by atoms with E-state index in [0.717, 1.165) is 22.6 Å². The fraction of sp³-hybridized carbons (Fsp3) is 0.379. The van der Waals surface area contributed by atoms with E-state index in [9.17, 15) is 9.59 Å². The molecular formula is C29H32ClNO5. The quantitative estimate of drug-likeness (QED) is 0.346. The van der Waals surface area contributed by atoms with Gasteiger partial charge in [0, 0.05) is 40.9 Å². The topological polar surface area (TPSA) is 73.9 Å². The van der Waals surface area contributed by atoms with Crippen molar-refractivity contribution < 1.29 is 23.8 Å². The van der Waals surface area contributed by atoms with Crippen molar-refractivity contribution >= 4 is 23.4 Å². The number of allylic oxidation sites excluding steroid dienone is 3. The van der Waals surface area contributed by atoms with Gasteiger partial charge in [-0.2, -0.15) is 0 Å². The third-order valence-corrected chi connectivity index (χ3v) is 6.83. The Morgan fingerprint density at radius 1 is 0.972 bits per heavy atom. The van der Waals surface area contributed by atoms with Crippen molar-refractivity contribution in [2.24, 2.45) is 0 Å². The zero-order valence-electron chi connectivity index (χ0n) is 20.9. The van der Waals surface area contributed by atoms with Crippen LogP contribution in [-0.2, 0) is 19.1 Å². The molecule has 0 aromatic heterocycles. The lowest BCUT2D eigenvalue weighted by Gasteiger charge is -2.36. The number of hydrogen-bond acceptors (Lipinski definition) is 6. The molecule has 1 heterocycles. The van der Waals surface area contributed by atoms with Gasteiger partial charge in [-0.05, 0) is 68.5 Å². The van der Waals surface area contributed by atoms with Crippen molar-refractivity contribution in [3.05, 3.63) is 87.2 Å². The molecule has 1 N–H and O–H groups in total. The van der Waals surface area contributed by atoms with E-state index in [1.54, 1.807) is 0 Å². The normalized spacial score (nSPS) is 19.6. The fourth-order valence-corrected chi connectivity index (χ4v) is 5.08. The molecule has 0 fully saturated rings. The van der Waals surface area contributed by atoms with Gasteiger partial charge in [-0.1, -0.05) is 35.9 Å². The zero-order valence-corrected chi connectivity index (χ0v) is 21.7. The Morgan fingerprint density at radius 3 is 2.33 bits per heavy atom. The van der Waals surface area contributed by atoms with E-state index in [4.69, 9.17) is 25.8 Å². The Balaban J connectivity index is 1.70. The molecule has 0 bridgehead atoms. The van der Waals surface area contributed by atoms with Crippen LogP contribution >= 0.6 is 11.6 Å². The van der Waals surface area contributed by atoms with Gasteiger partial charge < -0.3 is 19.5 Å². The summed E-state index contributed by atoms with van der Waals surface area (Å²) in [7, 11) is 0. The summed E-state index contributed by atoms with van der Waals surface area (Å²) in [5.41, 5.74) is 4.55. The highest BCUT2D eigenvalue weighted by Crippen LogP contribution is 2.46. The van der Waals surface area contributed by atoms with Gasteiger partial charge in [-0.15, -0.1) is 0 Å². The number of ketones is 1. The smallest absolute Gasteiger partial charge is 0.336 e. The van der Waals surface area contributed by atoms with Crippen LogP contribution in [-0.4, -0.2) is 38.2 Å². The van der Waals surface area contributed by atoms with Crippen LogP contribution in [0.1, 0.15) is 56.6 Å². The minimum absolute atomic E-state index is 0.0229. The Morgan fingerprint density at radius 2 is 1.67 bits per heavy atom. The number of carbonyl (C=O) groups is 2. The Kier molecular flexibility index (Phi) is 8.49. The van der Waals surface area contributed by atoms with Crippen molar-refractivity contribution in [2.45, 2.75) is 45.4 Å². The number of esters is 1. The number of rotatable bonds is 9. The molecule has 7 heteroatoms.